The summed E-state index contributed by atoms with van der Waals surface area (Å²) in [6, 6.07) is 0. The van der Waals surface area contributed by atoms with E-state index in [1.54, 1.807) is 0 Å². The molecule has 1 unspecified atom stereocenters. The Morgan fingerprint density at radius 3 is 2.50 bits per heavy atom. The third-order valence-electron chi connectivity index (χ3n) is 3.89. The van der Waals surface area contributed by atoms with Crippen LogP contribution in [0.2, 0.25) is 0 Å². The molecule has 92 valence electrons. The van der Waals surface area contributed by atoms with E-state index in [4.69, 9.17) is 15.4 Å². The number of hydrogen-bond donors (Lipinski definition) is 2. The van der Waals surface area contributed by atoms with Gasteiger partial charge in [-0.05, 0) is 47.3 Å². The van der Waals surface area contributed by atoms with E-state index >= 15 is 0 Å². The van der Waals surface area contributed by atoms with E-state index < -0.39 is 0 Å². The van der Waals surface area contributed by atoms with E-state index in [0.29, 0.717) is 11.4 Å². The average molecular weight is 242 g/mol. The van der Waals surface area contributed by atoms with Gasteiger partial charge in [-0.15, -0.1) is 0 Å². The smallest absolute Gasteiger partial charge is 0.139 e. The summed E-state index contributed by atoms with van der Waals surface area (Å²) in [5, 5.41) is 24.1. The summed E-state index contributed by atoms with van der Waals surface area (Å²) in [6.45, 7) is 5.89. The van der Waals surface area contributed by atoms with Crippen molar-refractivity contribution in [3.63, 3.8) is 0 Å². The molecule has 0 bridgehead atoms. The maximum absolute atomic E-state index is 8.17. The van der Waals surface area contributed by atoms with E-state index in [1.165, 1.54) is 0 Å². The zero-order valence-corrected chi connectivity index (χ0v) is 10.6. The van der Waals surface area contributed by atoms with E-state index in [0.717, 1.165) is 39.7 Å². The van der Waals surface area contributed by atoms with Crippen LogP contribution >= 0.6 is 0 Å². The second-order valence-electron chi connectivity index (χ2n) is 4.96. The topological polar surface area (TPSA) is 86.6 Å². The fraction of sp³-hybridized carbons (Fsp3) is 0.385. The van der Waals surface area contributed by atoms with Gasteiger partial charge in [0.1, 0.15) is 11.0 Å². The van der Waals surface area contributed by atoms with Crippen molar-refractivity contribution in [2.75, 3.05) is 0 Å². The lowest BCUT2D eigenvalue weighted by Crippen LogP contribution is -2.30. The molecule has 0 amide bonds. The van der Waals surface area contributed by atoms with Gasteiger partial charge < -0.3 is 5.41 Å². The van der Waals surface area contributed by atoms with Crippen molar-refractivity contribution in [2.45, 2.75) is 27.2 Å². The van der Waals surface area contributed by atoms with Crippen LogP contribution in [0.1, 0.15) is 29.2 Å². The van der Waals surface area contributed by atoms with Gasteiger partial charge in [0, 0.05) is 11.5 Å². The first kappa shape index (κ1) is 11.1. The van der Waals surface area contributed by atoms with Gasteiger partial charge in [0.2, 0.25) is 0 Å². The van der Waals surface area contributed by atoms with Gasteiger partial charge in [-0.25, -0.2) is 4.63 Å². The number of hydrogen-bond acceptors (Lipinski definition) is 5. The van der Waals surface area contributed by atoms with Gasteiger partial charge in [-0.1, -0.05) is 6.92 Å². The van der Waals surface area contributed by atoms with Crippen molar-refractivity contribution < 1.29 is 4.63 Å². The van der Waals surface area contributed by atoms with Crippen molar-refractivity contribution in [1.29, 1.82) is 10.8 Å². The predicted molar refractivity (Wildman–Crippen MR) is 68.7 cm³/mol. The summed E-state index contributed by atoms with van der Waals surface area (Å²) < 4.78 is 4.84. The van der Waals surface area contributed by atoms with Gasteiger partial charge >= 0.3 is 0 Å². The standard InChI is InChI=1S/C13H14N4O/c1-5-4-8-9(11(15)10(5)14)6(2)7(3)12-13(8)17-18-16-12/h5,14-15H,4H2,1-3H3. The Labute approximate surface area is 104 Å². The summed E-state index contributed by atoms with van der Waals surface area (Å²) >= 11 is 0. The summed E-state index contributed by atoms with van der Waals surface area (Å²) in [6.07, 6.45) is 0.725. The molecule has 5 nitrogen and oxygen atoms in total. The molecule has 18 heavy (non-hydrogen) atoms. The Morgan fingerprint density at radius 1 is 1.11 bits per heavy atom. The van der Waals surface area contributed by atoms with E-state index in [9.17, 15) is 0 Å². The summed E-state index contributed by atoms with van der Waals surface area (Å²) in [5.74, 6) is 0.0482. The molecule has 1 aromatic carbocycles. The highest BCUT2D eigenvalue weighted by Crippen LogP contribution is 2.33. The Balaban J connectivity index is 2.45. The lowest BCUT2D eigenvalue weighted by molar-refractivity contribution is 0.315. The second kappa shape index (κ2) is 3.48. The number of rotatable bonds is 0. The molecule has 3 rings (SSSR count). The van der Waals surface area contributed by atoms with Gasteiger partial charge in [0.25, 0.3) is 0 Å². The largest absolute Gasteiger partial charge is 0.303 e. The fourth-order valence-electron chi connectivity index (χ4n) is 2.67. The minimum Gasteiger partial charge on any atom is -0.303 e. The van der Waals surface area contributed by atoms with Crippen LogP contribution in [0.3, 0.4) is 0 Å². The molecule has 0 saturated carbocycles. The summed E-state index contributed by atoms with van der Waals surface area (Å²) in [4.78, 5) is 0. The second-order valence-corrected chi connectivity index (χ2v) is 4.96. The van der Waals surface area contributed by atoms with Crippen molar-refractivity contribution in [2.24, 2.45) is 5.92 Å². The molecule has 1 atom stereocenters. The van der Waals surface area contributed by atoms with Crippen molar-refractivity contribution in [3.05, 3.63) is 22.3 Å². The lowest BCUT2D eigenvalue weighted by Gasteiger charge is -2.25. The molecule has 0 saturated heterocycles. The van der Waals surface area contributed by atoms with Crippen molar-refractivity contribution in [1.82, 2.24) is 10.3 Å². The van der Waals surface area contributed by atoms with E-state index in [1.807, 2.05) is 20.8 Å². The number of aromatic nitrogens is 2. The molecule has 1 aliphatic carbocycles. The normalized spacial score (nSPS) is 19.4. The molecule has 1 aliphatic rings. The maximum Gasteiger partial charge on any atom is 0.139 e. The maximum atomic E-state index is 8.17. The van der Waals surface area contributed by atoms with Crippen LogP contribution < -0.4 is 0 Å². The Bertz CT molecular complexity index is 699. The highest BCUT2D eigenvalue weighted by molar-refractivity contribution is 6.48. The molecular weight excluding hydrogens is 228 g/mol. The van der Waals surface area contributed by atoms with Crippen LogP contribution in [0, 0.1) is 30.6 Å². The molecule has 0 spiro atoms. The van der Waals surface area contributed by atoms with Crippen LogP contribution in [0.15, 0.2) is 4.63 Å². The number of benzene rings is 1. The third kappa shape index (κ3) is 1.21. The minimum absolute atomic E-state index is 0.0482. The van der Waals surface area contributed by atoms with Gasteiger partial charge in [-0.3, -0.25) is 5.41 Å². The quantitative estimate of drug-likeness (QED) is 0.743. The van der Waals surface area contributed by atoms with Gasteiger partial charge in [0.05, 0.1) is 11.4 Å². The molecule has 0 fully saturated rings. The van der Waals surface area contributed by atoms with Gasteiger partial charge in [-0.2, -0.15) is 0 Å². The fourth-order valence-corrected chi connectivity index (χ4v) is 2.67. The molecule has 0 radical (unpaired) electrons. The van der Waals surface area contributed by atoms with E-state index in [2.05, 4.69) is 10.3 Å². The first-order valence-electron chi connectivity index (χ1n) is 5.94. The molecular formula is C13H14N4O. The molecule has 1 aromatic heterocycles. The monoisotopic (exact) mass is 242 g/mol. The first-order valence-corrected chi connectivity index (χ1v) is 5.94. The van der Waals surface area contributed by atoms with Crippen LogP contribution in [0.25, 0.3) is 11.0 Å². The Hall–Kier alpha value is -2.04. The number of nitrogens with one attached hydrogen (secondary N) is 2. The summed E-state index contributed by atoms with van der Waals surface area (Å²) in [7, 11) is 0. The predicted octanol–water partition coefficient (Wildman–Crippen LogP) is 2.42. The van der Waals surface area contributed by atoms with Crippen molar-refractivity contribution >= 4 is 22.5 Å². The Kier molecular flexibility index (Phi) is 2.14. The van der Waals surface area contributed by atoms with Gasteiger partial charge in [0.15, 0.2) is 0 Å². The molecule has 0 aliphatic heterocycles. The zero-order chi connectivity index (χ0) is 13.0. The number of fused-ring (bicyclic) bond motifs is 3. The zero-order valence-electron chi connectivity index (χ0n) is 10.6. The molecule has 1 heterocycles. The molecule has 5 heteroatoms. The molecule has 2 aromatic rings. The van der Waals surface area contributed by atoms with Crippen LogP contribution in [-0.2, 0) is 6.42 Å². The first-order chi connectivity index (χ1) is 8.52. The highest BCUT2D eigenvalue weighted by atomic mass is 16.6. The third-order valence-corrected chi connectivity index (χ3v) is 3.89. The molecule has 2 N–H and O–H groups in total. The average Bonchev–Trinajstić information content (AvgIpc) is 2.82. The summed E-state index contributed by atoms with van der Waals surface area (Å²) in [5.41, 5.74) is 6.08. The SMILES string of the molecule is Cc1c2c(c3nonc3c1C)CC(C)C(=N)C2=N. The minimum atomic E-state index is 0.0482. The van der Waals surface area contributed by atoms with Crippen LogP contribution in [-0.4, -0.2) is 21.7 Å². The van der Waals surface area contributed by atoms with Crippen LogP contribution in [0.4, 0.5) is 0 Å². The number of nitrogens with zero attached hydrogens (tertiary/aromatic N) is 2. The van der Waals surface area contributed by atoms with E-state index in [-0.39, 0.29) is 5.92 Å². The van der Waals surface area contributed by atoms with Crippen LogP contribution in [0.5, 0.6) is 0 Å². The lowest BCUT2D eigenvalue weighted by atomic mass is 9.78. The highest BCUT2D eigenvalue weighted by Gasteiger charge is 2.30. The number of aryl methyl sites for hydroxylation is 1. The Morgan fingerprint density at radius 2 is 1.78 bits per heavy atom. The van der Waals surface area contributed by atoms with Crippen molar-refractivity contribution in [3.8, 4) is 0 Å².